The van der Waals surface area contributed by atoms with Crippen LogP contribution in [0.15, 0.2) is 48.5 Å². The third-order valence-electron chi connectivity index (χ3n) is 4.64. The molecule has 0 spiro atoms. The van der Waals surface area contributed by atoms with Crippen LogP contribution in [0.2, 0.25) is 0 Å². The molecule has 0 saturated heterocycles. The number of carbonyl (C=O) groups is 3. The fourth-order valence-electron chi connectivity index (χ4n) is 2.80. The molecule has 30 heavy (non-hydrogen) atoms. The molecule has 0 aromatic heterocycles. The van der Waals surface area contributed by atoms with E-state index in [0.717, 1.165) is 12.8 Å². The van der Waals surface area contributed by atoms with Crippen LogP contribution < -0.4 is 10.1 Å². The number of rotatable bonds is 10. The number of hydrogen-bond donors (Lipinski definition) is 1. The largest absolute Gasteiger partial charge is 0.494 e. The van der Waals surface area contributed by atoms with E-state index in [1.165, 1.54) is 31.2 Å². The molecule has 2 aromatic carbocycles. The van der Waals surface area contributed by atoms with E-state index in [1.54, 1.807) is 24.3 Å². The van der Waals surface area contributed by atoms with Gasteiger partial charge in [0.15, 0.2) is 5.78 Å². The smallest absolute Gasteiger partial charge is 0.307 e. The summed E-state index contributed by atoms with van der Waals surface area (Å²) in [5.74, 6) is -0.794. The number of Topliss-reactive ketones (excluding diaryl/α,β-unsaturated/α-hetero) is 1. The highest BCUT2D eigenvalue weighted by atomic mass is 19.1. The van der Waals surface area contributed by atoms with E-state index in [9.17, 15) is 18.8 Å². The zero-order valence-corrected chi connectivity index (χ0v) is 16.7. The molecule has 1 N–H and O–H groups in total. The number of amides is 1. The summed E-state index contributed by atoms with van der Waals surface area (Å²) in [5.41, 5.74) is 1.02. The van der Waals surface area contributed by atoms with Gasteiger partial charge in [-0.2, -0.15) is 0 Å². The van der Waals surface area contributed by atoms with Gasteiger partial charge in [-0.05, 0) is 62.6 Å². The van der Waals surface area contributed by atoms with Crippen LogP contribution in [0.5, 0.6) is 5.75 Å². The van der Waals surface area contributed by atoms with Crippen molar-refractivity contribution in [3.8, 4) is 5.75 Å². The molecule has 0 bridgehead atoms. The standard InChI is InChI=1S/C23H24FNO5/c1-15(26)16-6-12-20(13-7-16)29-14-2-3-21(27)30-22(23(28)25-19-10-11-19)17-4-8-18(24)9-5-17/h4-9,12-13,19,22H,2-3,10-11,14H2,1H3,(H,25,28). The van der Waals surface area contributed by atoms with Gasteiger partial charge in [0.25, 0.3) is 5.91 Å². The monoisotopic (exact) mass is 413 g/mol. The van der Waals surface area contributed by atoms with Crippen LogP contribution in [0.3, 0.4) is 0 Å². The molecular formula is C23H24FNO5. The van der Waals surface area contributed by atoms with Crippen LogP contribution in [0.25, 0.3) is 0 Å². The van der Waals surface area contributed by atoms with Gasteiger partial charge in [0, 0.05) is 23.6 Å². The lowest BCUT2D eigenvalue weighted by atomic mass is 10.1. The second-order valence-electron chi connectivity index (χ2n) is 7.24. The molecule has 7 heteroatoms. The quantitative estimate of drug-likeness (QED) is 0.364. The van der Waals surface area contributed by atoms with Crippen LogP contribution in [0.1, 0.15) is 54.6 Å². The predicted octanol–water partition coefficient (Wildman–Crippen LogP) is 3.75. The summed E-state index contributed by atoms with van der Waals surface area (Å²) < 4.78 is 24.2. The first-order valence-electron chi connectivity index (χ1n) is 9.91. The van der Waals surface area contributed by atoms with Gasteiger partial charge in [-0.3, -0.25) is 14.4 Å². The van der Waals surface area contributed by atoms with Crippen LogP contribution in [0, 0.1) is 5.82 Å². The Balaban J connectivity index is 1.49. The van der Waals surface area contributed by atoms with Gasteiger partial charge < -0.3 is 14.8 Å². The molecule has 1 aliphatic carbocycles. The van der Waals surface area contributed by atoms with E-state index >= 15 is 0 Å². The van der Waals surface area contributed by atoms with E-state index in [-0.39, 0.29) is 24.9 Å². The number of esters is 1. The lowest BCUT2D eigenvalue weighted by Gasteiger charge is -2.18. The zero-order valence-electron chi connectivity index (χ0n) is 16.7. The summed E-state index contributed by atoms with van der Waals surface area (Å²) in [4.78, 5) is 36.0. The van der Waals surface area contributed by atoms with E-state index < -0.39 is 23.8 Å². The maximum atomic E-state index is 13.2. The van der Waals surface area contributed by atoms with Gasteiger partial charge in [0.1, 0.15) is 11.6 Å². The van der Waals surface area contributed by atoms with Gasteiger partial charge >= 0.3 is 5.97 Å². The second kappa shape index (κ2) is 10.0. The highest BCUT2D eigenvalue weighted by molar-refractivity contribution is 5.94. The molecular weight excluding hydrogens is 389 g/mol. The number of carbonyl (C=O) groups excluding carboxylic acids is 3. The van der Waals surface area contributed by atoms with E-state index in [2.05, 4.69) is 5.32 Å². The Labute approximate surface area is 174 Å². The number of ether oxygens (including phenoxy) is 2. The minimum Gasteiger partial charge on any atom is -0.494 e. The number of benzene rings is 2. The van der Waals surface area contributed by atoms with Gasteiger partial charge in [-0.1, -0.05) is 12.1 Å². The minimum absolute atomic E-state index is 0.0225. The summed E-state index contributed by atoms with van der Waals surface area (Å²) in [5, 5.41) is 2.82. The van der Waals surface area contributed by atoms with Crippen molar-refractivity contribution in [2.75, 3.05) is 6.61 Å². The Morgan fingerprint density at radius 3 is 2.33 bits per heavy atom. The number of halogens is 1. The molecule has 158 valence electrons. The van der Waals surface area contributed by atoms with Crippen LogP contribution in [-0.2, 0) is 14.3 Å². The number of hydrogen-bond acceptors (Lipinski definition) is 5. The first kappa shape index (κ1) is 21.5. The fourth-order valence-corrected chi connectivity index (χ4v) is 2.80. The van der Waals surface area contributed by atoms with Gasteiger partial charge in [-0.25, -0.2) is 4.39 Å². The topological polar surface area (TPSA) is 81.7 Å². The molecule has 0 aliphatic heterocycles. The molecule has 1 fully saturated rings. The van der Waals surface area contributed by atoms with Crippen LogP contribution in [0.4, 0.5) is 4.39 Å². The van der Waals surface area contributed by atoms with Crippen molar-refractivity contribution in [1.82, 2.24) is 5.32 Å². The number of ketones is 1. The molecule has 1 atom stereocenters. The van der Waals surface area contributed by atoms with Crippen molar-refractivity contribution < 1.29 is 28.2 Å². The Kier molecular flexibility index (Phi) is 7.17. The molecule has 1 saturated carbocycles. The maximum Gasteiger partial charge on any atom is 0.307 e. The summed E-state index contributed by atoms with van der Waals surface area (Å²) in [7, 11) is 0. The first-order valence-corrected chi connectivity index (χ1v) is 9.91. The van der Waals surface area contributed by atoms with Crippen molar-refractivity contribution >= 4 is 17.7 Å². The average molecular weight is 413 g/mol. The van der Waals surface area contributed by atoms with Gasteiger partial charge in [0.2, 0.25) is 6.10 Å². The average Bonchev–Trinajstić information content (AvgIpc) is 3.54. The molecule has 3 rings (SSSR count). The Hall–Kier alpha value is -3.22. The third kappa shape index (κ3) is 6.40. The minimum atomic E-state index is -1.11. The zero-order chi connectivity index (χ0) is 21.5. The molecule has 0 heterocycles. The highest BCUT2D eigenvalue weighted by Gasteiger charge is 2.30. The van der Waals surface area contributed by atoms with Gasteiger partial charge in [0.05, 0.1) is 6.61 Å². The van der Waals surface area contributed by atoms with Gasteiger partial charge in [-0.15, -0.1) is 0 Å². The Morgan fingerprint density at radius 2 is 1.73 bits per heavy atom. The fraction of sp³-hybridized carbons (Fsp3) is 0.348. The lowest BCUT2D eigenvalue weighted by molar-refractivity contribution is -0.156. The molecule has 6 nitrogen and oxygen atoms in total. The van der Waals surface area contributed by atoms with Crippen molar-refractivity contribution in [3.63, 3.8) is 0 Å². The normalized spacial score (nSPS) is 13.9. The Bertz CT molecular complexity index is 891. The van der Waals surface area contributed by atoms with Crippen molar-refractivity contribution in [2.24, 2.45) is 0 Å². The lowest BCUT2D eigenvalue weighted by Crippen LogP contribution is -2.33. The molecule has 0 radical (unpaired) electrons. The predicted molar refractivity (Wildman–Crippen MR) is 108 cm³/mol. The summed E-state index contributed by atoms with van der Waals surface area (Å²) >= 11 is 0. The Morgan fingerprint density at radius 1 is 1.07 bits per heavy atom. The van der Waals surface area contributed by atoms with E-state index in [4.69, 9.17) is 9.47 Å². The van der Waals surface area contributed by atoms with E-state index in [1.807, 2.05) is 0 Å². The van der Waals surface area contributed by atoms with Crippen LogP contribution in [-0.4, -0.2) is 30.3 Å². The summed E-state index contributed by atoms with van der Waals surface area (Å²) in [6.07, 6.45) is 1.16. The molecule has 1 aliphatic rings. The van der Waals surface area contributed by atoms with E-state index in [0.29, 0.717) is 23.3 Å². The highest BCUT2D eigenvalue weighted by Crippen LogP contribution is 2.24. The SMILES string of the molecule is CC(=O)c1ccc(OCCCC(=O)OC(C(=O)NC2CC2)c2ccc(F)cc2)cc1. The molecule has 2 aromatic rings. The van der Waals surface area contributed by atoms with Crippen molar-refractivity contribution in [2.45, 2.75) is 44.8 Å². The maximum absolute atomic E-state index is 13.2. The molecule has 1 amide bonds. The molecule has 1 unspecified atom stereocenters. The second-order valence-corrected chi connectivity index (χ2v) is 7.24. The number of nitrogens with one attached hydrogen (secondary N) is 1. The third-order valence-corrected chi connectivity index (χ3v) is 4.64. The summed E-state index contributed by atoms with van der Waals surface area (Å²) in [6.45, 7) is 1.77. The van der Waals surface area contributed by atoms with Crippen molar-refractivity contribution in [3.05, 3.63) is 65.5 Å². The van der Waals surface area contributed by atoms with Crippen LogP contribution >= 0.6 is 0 Å². The first-order chi connectivity index (χ1) is 14.4. The summed E-state index contributed by atoms with van der Waals surface area (Å²) in [6, 6.07) is 12.2. The van der Waals surface area contributed by atoms with Crippen molar-refractivity contribution in [1.29, 1.82) is 0 Å².